The molecule has 1 heterocycles. The minimum absolute atomic E-state index is 0.0553. The second-order valence-electron chi connectivity index (χ2n) is 4.73. The number of nitrogens with zero attached hydrogens (tertiary/aromatic N) is 3. The van der Waals surface area contributed by atoms with Crippen LogP contribution in [0.3, 0.4) is 0 Å². The van der Waals surface area contributed by atoms with Gasteiger partial charge in [-0.15, -0.1) is 0 Å². The molecule has 1 N–H and O–H groups in total. The SMILES string of the molecule is CC(=O)N1CCN(C(=O)c2cccc([N+](=O)[O-])c2O)CC1. The molecule has 21 heavy (non-hydrogen) atoms. The Morgan fingerprint density at radius 1 is 1.19 bits per heavy atom. The zero-order valence-corrected chi connectivity index (χ0v) is 11.5. The van der Waals surface area contributed by atoms with E-state index in [2.05, 4.69) is 0 Å². The first kappa shape index (κ1) is 14.8. The summed E-state index contributed by atoms with van der Waals surface area (Å²) in [5, 5.41) is 20.6. The van der Waals surface area contributed by atoms with Gasteiger partial charge in [0, 0.05) is 39.2 Å². The second-order valence-corrected chi connectivity index (χ2v) is 4.73. The van der Waals surface area contributed by atoms with Crippen LogP contribution in [-0.2, 0) is 4.79 Å². The van der Waals surface area contributed by atoms with Crippen molar-refractivity contribution in [2.75, 3.05) is 26.2 Å². The molecule has 1 aliphatic heterocycles. The molecule has 112 valence electrons. The van der Waals surface area contributed by atoms with Crippen LogP contribution < -0.4 is 0 Å². The third kappa shape index (κ3) is 2.93. The number of nitro groups is 1. The maximum absolute atomic E-state index is 12.3. The Morgan fingerprint density at radius 2 is 1.76 bits per heavy atom. The summed E-state index contributed by atoms with van der Waals surface area (Å²) >= 11 is 0. The maximum Gasteiger partial charge on any atom is 0.311 e. The molecular weight excluding hydrogens is 278 g/mol. The van der Waals surface area contributed by atoms with Crippen LogP contribution in [0.25, 0.3) is 0 Å². The highest BCUT2D eigenvalue weighted by Crippen LogP contribution is 2.30. The van der Waals surface area contributed by atoms with Gasteiger partial charge in [0.15, 0.2) is 0 Å². The first-order valence-corrected chi connectivity index (χ1v) is 6.43. The maximum atomic E-state index is 12.3. The lowest BCUT2D eigenvalue weighted by Gasteiger charge is -2.34. The number of benzene rings is 1. The van der Waals surface area contributed by atoms with Gasteiger partial charge in [0.25, 0.3) is 5.91 Å². The molecular formula is C13H15N3O5. The number of carbonyl (C=O) groups is 2. The number of hydrogen-bond acceptors (Lipinski definition) is 5. The molecule has 1 aromatic rings. The van der Waals surface area contributed by atoms with E-state index in [9.17, 15) is 24.8 Å². The lowest BCUT2D eigenvalue weighted by atomic mass is 10.1. The van der Waals surface area contributed by atoms with Crippen LogP contribution in [0.1, 0.15) is 17.3 Å². The van der Waals surface area contributed by atoms with Crippen LogP contribution in [0.15, 0.2) is 18.2 Å². The largest absolute Gasteiger partial charge is 0.502 e. The smallest absolute Gasteiger partial charge is 0.311 e. The van der Waals surface area contributed by atoms with E-state index in [-0.39, 0.29) is 11.5 Å². The number of para-hydroxylation sites is 1. The van der Waals surface area contributed by atoms with Gasteiger partial charge in [0.1, 0.15) is 0 Å². The fourth-order valence-corrected chi connectivity index (χ4v) is 2.25. The molecule has 0 aromatic heterocycles. The average molecular weight is 293 g/mol. The van der Waals surface area contributed by atoms with Crippen molar-refractivity contribution < 1.29 is 19.6 Å². The van der Waals surface area contributed by atoms with E-state index in [1.807, 2.05) is 0 Å². The Hall–Kier alpha value is -2.64. The summed E-state index contributed by atoms with van der Waals surface area (Å²) in [6.45, 7) is 2.96. The van der Waals surface area contributed by atoms with Crippen molar-refractivity contribution >= 4 is 17.5 Å². The van der Waals surface area contributed by atoms with Gasteiger partial charge in [0.2, 0.25) is 11.7 Å². The van der Waals surface area contributed by atoms with Gasteiger partial charge < -0.3 is 14.9 Å². The predicted molar refractivity (Wildman–Crippen MR) is 72.9 cm³/mol. The van der Waals surface area contributed by atoms with Gasteiger partial charge in [-0.05, 0) is 6.07 Å². The highest BCUT2D eigenvalue weighted by Gasteiger charge is 2.27. The van der Waals surface area contributed by atoms with Crippen LogP contribution in [0.2, 0.25) is 0 Å². The third-order valence-electron chi connectivity index (χ3n) is 3.45. The number of rotatable bonds is 2. The minimum Gasteiger partial charge on any atom is -0.502 e. The van der Waals surface area contributed by atoms with Crippen LogP contribution in [-0.4, -0.2) is 57.8 Å². The number of piperazine rings is 1. The summed E-state index contributed by atoms with van der Waals surface area (Å²) in [6.07, 6.45) is 0. The highest BCUT2D eigenvalue weighted by atomic mass is 16.6. The third-order valence-corrected chi connectivity index (χ3v) is 3.45. The Labute approximate surface area is 120 Å². The van der Waals surface area contributed by atoms with Gasteiger partial charge in [-0.1, -0.05) is 6.07 Å². The molecule has 0 saturated carbocycles. The predicted octanol–water partition coefficient (Wildman–Crippen LogP) is 0.605. The first-order chi connectivity index (χ1) is 9.91. The van der Waals surface area contributed by atoms with Crippen molar-refractivity contribution in [1.29, 1.82) is 0 Å². The standard InChI is InChI=1S/C13H15N3O5/c1-9(17)14-5-7-15(8-6-14)13(19)10-3-2-4-11(12(10)18)16(20)21/h2-4,18H,5-8H2,1H3. The van der Waals surface area contributed by atoms with E-state index >= 15 is 0 Å². The number of aromatic hydroxyl groups is 1. The van der Waals surface area contributed by atoms with E-state index in [0.717, 1.165) is 6.07 Å². The van der Waals surface area contributed by atoms with Crippen LogP contribution in [0.5, 0.6) is 5.75 Å². The zero-order chi connectivity index (χ0) is 15.6. The molecule has 2 amide bonds. The van der Waals surface area contributed by atoms with Crippen molar-refractivity contribution in [2.45, 2.75) is 6.92 Å². The molecule has 1 aromatic carbocycles. The Morgan fingerprint density at radius 3 is 2.29 bits per heavy atom. The number of hydrogen-bond donors (Lipinski definition) is 1. The molecule has 1 aliphatic rings. The molecule has 0 atom stereocenters. The topological polar surface area (TPSA) is 104 Å². The fraction of sp³-hybridized carbons (Fsp3) is 0.385. The Bertz CT molecular complexity index is 593. The van der Waals surface area contributed by atoms with E-state index < -0.39 is 22.3 Å². The fourth-order valence-electron chi connectivity index (χ4n) is 2.25. The lowest BCUT2D eigenvalue weighted by molar-refractivity contribution is -0.385. The van der Waals surface area contributed by atoms with Crippen molar-refractivity contribution in [2.24, 2.45) is 0 Å². The highest BCUT2D eigenvalue weighted by molar-refractivity contribution is 5.98. The van der Waals surface area contributed by atoms with E-state index in [4.69, 9.17) is 0 Å². The quantitative estimate of drug-likeness (QED) is 0.635. The van der Waals surface area contributed by atoms with Gasteiger partial charge in [-0.3, -0.25) is 19.7 Å². The number of nitro benzene ring substituents is 1. The van der Waals surface area contributed by atoms with Crippen molar-refractivity contribution in [3.05, 3.63) is 33.9 Å². The summed E-state index contributed by atoms with van der Waals surface area (Å²) in [5.74, 6) is -1.15. The number of phenols is 1. The molecule has 0 radical (unpaired) electrons. The van der Waals surface area contributed by atoms with Crippen LogP contribution in [0.4, 0.5) is 5.69 Å². The van der Waals surface area contributed by atoms with Crippen LogP contribution >= 0.6 is 0 Å². The Balaban J connectivity index is 2.17. The molecule has 2 rings (SSSR count). The Kier molecular flexibility index (Phi) is 4.06. The second kappa shape index (κ2) is 5.78. The number of carbonyl (C=O) groups excluding carboxylic acids is 2. The lowest BCUT2D eigenvalue weighted by Crippen LogP contribution is -2.50. The molecule has 1 saturated heterocycles. The van der Waals surface area contributed by atoms with Crippen LogP contribution in [0, 0.1) is 10.1 Å². The molecule has 1 fully saturated rings. The average Bonchev–Trinajstić information content (AvgIpc) is 2.46. The molecule has 0 aliphatic carbocycles. The van der Waals surface area contributed by atoms with E-state index in [0.29, 0.717) is 26.2 Å². The van der Waals surface area contributed by atoms with E-state index in [1.165, 1.54) is 24.0 Å². The van der Waals surface area contributed by atoms with Gasteiger partial charge in [0.05, 0.1) is 10.5 Å². The molecule has 0 spiro atoms. The summed E-state index contributed by atoms with van der Waals surface area (Å²) < 4.78 is 0. The van der Waals surface area contributed by atoms with Crippen molar-refractivity contribution in [3.8, 4) is 5.75 Å². The summed E-state index contributed by atoms with van der Waals surface area (Å²) in [7, 11) is 0. The molecule has 8 nitrogen and oxygen atoms in total. The van der Waals surface area contributed by atoms with Crippen molar-refractivity contribution in [3.63, 3.8) is 0 Å². The summed E-state index contributed by atoms with van der Waals surface area (Å²) in [6, 6.07) is 3.85. The molecule has 0 unspecified atom stereocenters. The first-order valence-electron chi connectivity index (χ1n) is 6.43. The molecule has 0 bridgehead atoms. The van der Waals surface area contributed by atoms with Gasteiger partial charge in [-0.2, -0.15) is 0 Å². The summed E-state index contributed by atoms with van der Waals surface area (Å²) in [5.41, 5.74) is -0.594. The van der Waals surface area contributed by atoms with Crippen molar-refractivity contribution in [1.82, 2.24) is 9.80 Å². The zero-order valence-electron chi connectivity index (χ0n) is 11.5. The van der Waals surface area contributed by atoms with Gasteiger partial charge in [-0.25, -0.2) is 0 Å². The van der Waals surface area contributed by atoms with E-state index in [1.54, 1.807) is 4.90 Å². The van der Waals surface area contributed by atoms with Gasteiger partial charge >= 0.3 is 5.69 Å². The molecule has 8 heteroatoms. The number of phenolic OH excluding ortho intramolecular Hbond substituents is 1. The normalized spacial score (nSPS) is 14.9. The monoisotopic (exact) mass is 293 g/mol. The number of amides is 2. The summed E-state index contributed by atoms with van der Waals surface area (Å²) in [4.78, 5) is 36.7. The minimum atomic E-state index is -0.736.